The van der Waals surface area contributed by atoms with Gasteiger partial charge in [0.05, 0.1) is 17.7 Å². The second kappa shape index (κ2) is 8.44. The minimum absolute atomic E-state index is 0.00228. The van der Waals surface area contributed by atoms with E-state index in [2.05, 4.69) is 65.7 Å². The average molecular weight is 403 g/mol. The quantitative estimate of drug-likeness (QED) is 0.666. The molecule has 1 aromatic heterocycles. The van der Waals surface area contributed by atoms with Crippen LogP contribution < -0.4 is 5.32 Å². The summed E-state index contributed by atoms with van der Waals surface area (Å²) in [7, 11) is 0. The smallest absolute Gasteiger partial charge is 0.247 e. The summed E-state index contributed by atoms with van der Waals surface area (Å²) in [5, 5.41) is 3.17. The van der Waals surface area contributed by atoms with E-state index >= 15 is 0 Å². The van der Waals surface area contributed by atoms with Crippen LogP contribution in [0.1, 0.15) is 54.0 Å². The Kier molecular flexibility index (Phi) is 5.73. The molecule has 1 aliphatic rings. The van der Waals surface area contributed by atoms with Crippen molar-refractivity contribution in [3.63, 3.8) is 0 Å². The third-order valence-electron chi connectivity index (χ3n) is 5.98. The molecule has 1 aliphatic heterocycles. The predicted octanol–water partition coefficient (Wildman–Crippen LogP) is 4.82. The maximum atomic E-state index is 13.6. The highest BCUT2D eigenvalue weighted by Gasteiger charge is 2.37. The molecule has 0 unspecified atom stereocenters. The largest absolute Gasteiger partial charge is 0.330 e. The summed E-state index contributed by atoms with van der Waals surface area (Å²) in [6.07, 6.45) is 2.74. The van der Waals surface area contributed by atoms with E-state index in [0.29, 0.717) is 0 Å². The number of nitrogens with zero attached hydrogens (tertiary/aromatic N) is 3. The van der Waals surface area contributed by atoms with Crippen molar-refractivity contribution in [3.05, 3.63) is 82.9 Å². The van der Waals surface area contributed by atoms with Gasteiger partial charge in [0.2, 0.25) is 5.91 Å². The monoisotopic (exact) mass is 402 g/mol. The third kappa shape index (κ3) is 4.03. The molecule has 2 aromatic carbocycles. The molecule has 156 valence electrons. The second-order valence-corrected chi connectivity index (χ2v) is 8.47. The van der Waals surface area contributed by atoms with Gasteiger partial charge >= 0.3 is 0 Å². The average Bonchev–Trinajstić information content (AvgIpc) is 3.15. The molecule has 5 heteroatoms. The lowest BCUT2D eigenvalue weighted by molar-refractivity contribution is -0.122. The molecule has 5 nitrogen and oxygen atoms in total. The van der Waals surface area contributed by atoms with Crippen LogP contribution in [0.3, 0.4) is 0 Å². The van der Waals surface area contributed by atoms with Crippen LogP contribution in [0.5, 0.6) is 0 Å². The van der Waals surface area contributed by atoms with Crippen LogP contribution in [0.15, 0.2) is 54.9 Å². The SMILES string of the molecule is Cc1ccc(NC(=O)[C@H]2c3c(ncn3C(C)C)CCN2Cc2ccccc2)cc1C. The predicted molar refractivity (Wildman–Crippen MR) is 120 cm³/mol. The van der Waals surface area contributed by atoms with E-state index in [9.17, 15) is 4.79 Å². The molecular formula is C25H30N4O. The van der Waals surface area contributed by atoms with E-state index in [1.165, 1.54) is 16.7 Å². The highest BCUT2D eigenvalue weighted by molar-refractivity contribution is 5.95. The molecule has 1 N–H and O–H groups in total. The number of aryl methyl sites for hydroxylation is 2. The first-order chi connectivity index (χ1) is 14.4. The van der Waals surface area contributed by atoms with Crippen LogP contribution in [0, 0.1) is 13.8 Å². The zero-order valence-electron chi connectivity index (χ0n) is 18.2. The standard InChI is InChI=1S/C25H30N4O/c1-17(2)29-16-26-22-12-13-28(15-20-8-6-5-7-9-20)24(23(22)29)25(30)27-21-11-10-18(3)19(4)14-21/h5-11,14,16-17,24H,12-13,15H2,1-4H3,(H,27,30)/t24-/m1/s1. The first-order valence-electron chi connectivity index (χ1n) is 10.7. The highest BCUT2D eigenvalue weighted by atomic mass is 16.2. The molecular weight excluding hydrogens is 372 g/mol. The van der Waals surface area contributed by atoms with Crippen molar-refractivity contribution in [2.24, 2.45) is 0 Å². The normalized spacial score (nSPS) is 16.5. The topological polar surface area (TPSA) is 50.2 Å². The Morgan fingerprint density at radius 3 is 2.60 bits per heavy atom. The first-order valence-corrected chi connectivity index (χ1v) is 10.7. The molecule has 0 saturated heterocycles. The third-order valence-corrected chi connectivity index (χ3v) is 5.98. The number of amides is 1. The molecule has 0 bridgehead atoms. The molecule has 0 fully saturated rings. The molecule has 0 spiro atoms. The van der Waals surface area contributed by atoms with Crippen LogP contribution in [0.2, 0.25) is 0 Å². The number of imidazole rings is 1. The van der Waals surface area contributed by atoms with E-state index in [1.54, 1.807) is 0 Å². The highest BCUT2D eigenvalue weighted by Crippen LogP contribution is 2.33. The van der Waals surface area contributed by atoms with Gasteiger partial charge < -0.3 is 9.88 Å². The van der Waals surface area contributed by atoms with Gasteiger partial charge in [-0.1, -0.05) is 36.4 Å². The van der Waals surface area contributed by atoms with Gasteiger partial charge in [0.25, 0.3) is 0 Å². The number of rotatable bonds is 5. The van der Waals surface area contributed by atoms with Gasteiger partial charge in [-0.3, -0.25) is 9.69 Å². The minimum Gasteiger partial charge on any atom is -0.330 e. The zero-order valence-corrected chi connectivity index (χ0v) is 18.2. The molecule has 0 radical (unpaired) electrons. The molecule has 3 aromatic rings. The lowest BCUT2D eigenvalue weighted by Crippen LogP contribution is -2.42. The van der Waals surface area contributed by atoms with Gasteiger partial charge in [0.15, 0.2) is 0 Å². The number of benzene rings is 2. The molecule has 30 heavy (non-hydrogen) atoms. The number of carbonyl (C=O) groups excluding carboxylic acids is 1. The van der Waals surface area contributed by atoms with Crippen LogP contribution in [0.25, 0.3) is 0 Å². The van der Waals surface area contributed by atoms with Crippen molar-refractivity contribution >= 4 is 11.6 Å². The van der Waals surface area contributed by atoms with Crippen LogP contribution in [-0.2, 0) is 17.8 Å². The van der Waals surface area contributed by atoms with Gasteiger partial charge in [-0.2, -0.15) is 0 Å². The lowest BCUT2D eigenvalue weighted by atomic mass is 9.99. The van der Waals surface area contributed by atoms with Crippen LogP contribution in [0.4, 0.5) is 5.69 Å². The molecule has 2 heterocycles. The van der Waals surface area contributed by atoms with Crippen LogP contribution >= 0.6 is 0 Å². The summed E-state index contributed by atoms with van der Waals surface area (Å²) in [6, 6.07) is 16.3. The number of nitrogens with one attached hydrogen (secondary N) is 1. The summed E-state index contributed by atoms with van der Waals surface area (Å²) < 4.78 is 2.15. The second-order valence-electron chi connectivity index (χ2n) is 8.47. The Balaban J connectivity index is 1.69. The van der Waals surface area contributed by atoms with E-state index in [4.69, 9.17) is 0 Å². The number of aromatic nitrogens is 2. The fourth-order valence-electron chi connectivity index (χ4n) is 4.17. The number of hydrogen-bond donors (Lipinski definition) is 1. The fourth-order valence-corrected chi connectivity index (χ4v) is 4.17. The van der Waals surface area contributed by atoms with Crippen molar-refractivity contribution in [3.8, 4) is 0 Å². The summed E-state index contributed by atoms with van der Waals surface area (Å²) in [5.41, 5.74) is 6.50. The Labute approximate surface area is 178 Å². The summed E-state index contributed by atoms with van der Waals surface area (Å²) in [6.45, 7) is 9.96. The molecule has 0 aliphatic carbocycles. The number of anilines is 1. The minimum atomic E-state index is -0.375. The first kappa shape index (κ1) is 20.4. The number of fused-ring (bicyclic) bond motifs is 1. The van der Waals surface area contributed by atoms with E-state index in [1.807, 2.05) is 36.7 Å². The fraction of sp³-hybridized carbons (Fsp3) is 0.360. The van der Waals surface area contributed by atoms with E-state index in [0.717, 1.165) is 36.6 Å². The maximum Gasteiger partial charge on any atom is 0.247 e. The van der Waals surface area contributed by atoms with Crippen molar-refractivity contribution in [1.29, 1.82) is 0 Å². The van der Waals surface area contributed by atoms with Crippen molar-refractivity contribution in [2.45, 2.75) is 52.7 Å². The molecule has 0 saturated carbocycles. The van der Waals surface area contributed by atoms with Gasteiger partial charge in [-0.25, -0.2) is 4.98 Å². The van der Waals surface area contributed by atoms with Crippen molar-refractivity contribution < 1.29 is 4.79 Å². The molecule has 1 amide bonds. The van der Waals surface area contributed by atoms with Crippen molar-refractivity contribution in [1.82, 2.24) is 14.5 Å². The Morgan fingerprint density at radius 1 is 1.13 bits per heavy atom. The van der Waals surface area contributed by atoms with Gasteiger partial charge in [0, 0.05) is 31.2 Å². The van der Waals surface area contributed by atoms with E-state index < -0.39 is 0 Å². The Bertz CT molecular complexity index is 1040. The summed E-state index contributed by atoms with van der Waals surface area (Å²) in [5.74, 6) is -0.00228. The zero-order chi connectivity index (χ0) is 21.3. The Hall–Kier alpha value is -2.92. The Morgan fingerprint density at radius 2 is 1.90 bits per heavy atom. The maximum absolute atomic E-state index is 13.6. The van der Waals surface area contributed by atoms with Gasteiger partial charge in [0.1, 0.15) is 6.04 Å². The van der Waals surface area contributed by atoms with Gasteiger partial charge in [-0.15, -0.1) is 0 Å². The number of carbonyl (C=O) groups is 1. The van der Waals surface area contributed by atoms with E-state index in [-0.39, 0.29) is 18.0 Å². The number of hydrogen-bond acceptors (Lipinski definition) is 3. The summed E-state index contributed by atoms with van der Waals surface area (Å²) in [4.78, 5) is 20.5. The summed E-state index contributed by atoms with van der Waals surface area (Å²) >= 11 is 0. The molecule has 1 atom stereocenters. The van der Waals surface area contributed by atoms with Crippen molar-refractivity contribution in [2.75, 3.05) is 11.9 Å². The van der Waals surface area contributed by atoms with Gasteiger partial charge in [-0.05, 0) is 56.5 Å². The molecule has 4 rings (SSSR count). The lowest BCUT2D eigenvalue weighted by Gasteiger charge is -2.36. The van der Waals surface area contributed by atoms with Crippen LogP contribution in [-0.4, -0.2) is 26.9 Å².